The van der Waals surface area contributed by atoms with E-state index >= 15 is 0 Å². The molecule has 0 aliphatic heterocycles. The fraction of sp³-hybridized carbons (Fsp3) is 0.455. The molecule has 8 heteroatoms. The lowest BCUT2D eigenvalue weighted by Gasteiger charge is -2.34. The average molecular weight is 409 g/mol. The third kappa shape index (κ3) is 4.36. The highest BCUT2D eigenvalue weighted by Crippen LogP contribution is 2.45. The molecule has 0 radical (unpaired) electrons. The number of aromatic nitrogens is 2. The molecule has 158 valence electrons. The van der Waals surface area contributed by atoms with E-state index in [-0.39, 0.29) is 12.4 Å². The topological polar surface area (TPSA) is 143 Å². The molecule has 0 unspecified atom stereocenters. The molecule has 2 aliphatic carbocycles. The number of fused-ring (bicyclic) bond motifs is 3. The van der Waals surface area contributed by atoms with E-state index in [4.69, 9.17) is 21.6 Å². The van der Waals surface area contributed by atoms with E-state index in [0.717, 1.165) is 11.1 Å². The smallest absolute Gasteiger partial charge is 0.202 e. The lowest BCUT2D eigenvalue weighted by Crippen LogP contribution is -2.36. The number of rotatable bonds is 2. The normalized spacial score (nSPS) is 18.4. The molecule has 1 saturated carbocycles. The predicted molar refractivity (Wildman–Crippen MR) is 116 cm³/mol. The molecule has 0 spiro atoms. The van der Waals surface area contributed by atoms with Crippen LogP contribution in [0.15, 0.2) is 29.7 Å². The highest BCUT2D eigenvalue weighted by molar-refractivity contribution is 6.15. The van der Waals surface area contributed by atoms with E-state index in [9.17, 15) is 5.11 Å². The van der Waals surface area contributed by atoms with Crippen LogP contribution in [0.1, 0.15) is 57.1 Å². The minimum absolute atomic E-state index is 0.109. The predicted octanol–water partition coefficient (Wildman–Crippen LogP) is 3.24. The minimum Gasteiger partial charge on any atom is -0.508 e. The molecule has 8 nitrogen and oxygen atoms in total. The molecule has 5 N–H and O–H groups in total. The number of aromatic hydroxyl groups is 1. The molecule has 2 aromatic rings. The second-order valence-corrected chi connectivity index (χ2v) is 8.11. The Morgan fingerprint density at radius 1 is 1.23 bits per heavy atom. The Bertz CT molecular complexity index is 974. The number of hydrogen-bond donors (Lipinski definition) is 3. The summed E-state index contributed by atoms with van der Waals surface area (Å²) in [7, 11) is 0. The Morgan fingerprint density at radius 3 is 2.60 bits per heavy atom. The number of benzene rings is 1. The van der Waals surface area contributed by atoms with Crippen molar-refractivity contribution in [1.29, 1.82) is 5.26 Å². The molecule has 30 heavy (non-hydrogen) atoms. The van der Waals surface area contributed by atoms with Crippen LogP contribution in [0.2, 0.25) is 0 Å². The van der Waals surface area contributed by atoms with Crippen molar-refractivity contribution in [3.8, 4) is 23.1 Å². The van der Waals surface area contributed by atoms with Crippen LogP contribution in [-0.2, 0) is 10.3 Å². The highest BCUT2D eigenvalue weighted by Gasteiger charge is 2.40. The van der Waals surface area contributed by atoms with Crippen molar-refractivity contribution < 1.29 is 9.94 Å². The first-order valence-electron chi connectivity index (χ1n) is 10.1. The fourth-order valence-corrected chi connectivity index (χ4v) is 4.03. The first-order chi connectivity index (χ1) is 14.4. The van der Waals surface area contributed by atoms with Gasteiger partial charge in [0, 0.05) is 28.1 Å². The standard InChI is InChI=1S/C16H15N5O2.C6H13N/c1-16(2)12-13(19-8-20-15(12)18)10-4-3-9(22)7-11(10)14(16)21-23-6-5-17;7-6-4-2-1-3-5-6/h3-4,7-8,22H,6H2,1-2H3,(H2,18,19,20);6H,1-5,7H2/b21-14+;. The zero-order chi connectivity index (χ0) is 21.7. The third-order valence-electron chi connectivity index (χ3n) is 5.54. The molecule has 2 aliphatic rings. The number of oxime groups is 1. The van der Waals surface area contributed by atoms with Gasteiger partial charge in [0.15, 0.2) is 0 Å². The van der Waals surface area contributed by atoms with Gasteiger partial charge in [-0.2, -0.15) is 5.26 Å². The van der Waals surface area contributed by atoms with E-state index in [1.165, 1.54) is 38.4 Å². The van der Waals surface area contributed by atoms with Crippen molar-refractivity contribution in [3.05, 3.63) is 35.7 Å². The molecule has 0 atom stereocenters. The maximum absolute atomic E-state index is 9.84. The van der Waals surface area contributed by atoms with Gasteiger partial charge in [0.25, 0.3) is 0 Å². The number of hydrogen-bond acceptors (Lipinski definition) is 8. The Balaban J connectivity index is 0.000000310. The zero-order valence-corrected chi connectivity index (χ0v) is 17.4. The summed E-state index contributed by atoms with van der Waals surface area (Å²) < 4.78 is 0. The summed E-state index contributed by atoms with van der Waals surface area (Å²) in [5.74, 6) is 0.477. The second-order valence-electron chi connectivity index (χ2n) is 8.11. The van der Waals surface area contributed by atoms with Crippen molar-refractivity contribution in [3.63, 3.8) is 0 Å². The first-order valence-corrected chi connectivity index (χ1v) is 10.1. The lowest BCUT2D eigenvalue weighted by molar-refractivity contribution is 0.176. The molecule has 1 aromatic carbocycles. The minimum atomic E-state index is -0.642. The number of phenols is 1. The monoisotopic (exact) mass is 408 g/mol. The van der Waals surface area contributed by atoms with Gasteiger partial charge in [-0.1, -0.05) is 24.4 Å². The SMILES string of the molecule is CC1(C)/C(=N/OCC#N)c2cc(O)ccc2-c2ncnc(N)c21.NC1CCCCC1. The van der Waals surface area contributed by atoms with Gasteiger partial charge in [-0.05, 0) is 44.9 Å². The van der Waals surface area contributed by atoms with Crippen LogP contribution >= 0.6 is 0 Å². The zero-order valence-electron chi connectivity index (χ0n) is 17.4. The quantitative estimate of drug-likeness (QED) is 0.511. The van der Waals surface area contributed by atoms with Crippen LogP contribution in [0, 0.1) is 11.3 Å². The van der Waals surface area contributed by atoms with Crippen LogP contribution in [0.4, 0.5) is 5.82 Å². The number of nitrogen functional groups attached to an aromatic ring is 1. The van der Waals surface area contributed by atoms with Gasteiger partial charge in [-0.15, -0.1) is 0 Å². The first kappa shape index (κ1) is 21.5. The molecule has 0 saturated heterocycles. The van der Waals surface area contributed by atoms with Crippen molar-refractivity contribution in [2.24, 2.45) is 10.9 Å². The maximum atomic E-state index is 9.84. The summed E-state index contributed by atoms with van der Waals surface area (Å²) in [5.41, 5.74) is 14.6. The van der Waals surface area contributed by atoms with Gasteiger partial charge in [0.1, 0.15) is 24.0 Å². The number of phenolic OH excluding ortho intramolecular Hbond substituents is 1. The van der Waals surface area contributed by atoms with E-state index in [0.29, 0.717) is 28.8 Å². The average Bonchev–Trinajstić information content (AvgIpc) is 2.71. The molecule has 1 aromatic heterocycles. The van der Waals surface area contributed by atoms with Crippen LogP contribution < -0.4 is 11.5 Å². The third-order valence-corrected chi connectivity index (χ3v) is 5.54. The van der Waals surface area contributed by atoms with E-state index in [2.05, 4.69) is 15.1 Å². The molecule has 1 fully saturated rings. The summed E-state index contributed by atoms with van der Waals surface area (Å²) in [5, 5.41) is 22.6. The van der Waals surface area contributed by atoms with Gasteiger partial charge in [0.2, 0.25) is 6.61 Å². The van der Waals surface area contributed by atoms with Gasteiger partial charge in [-0.3, -0.25) is 0 Å². The van der Waals surface area contributed by atoms with E-state index < -0.39 is 5.41 Å². The Labute approximate surface area is 176 Å². The summed E-state index contributed by atoms with van der Waals surface area (Å²) in [6, 6.07) is 7.34. The summed E-state index contributed by atoms with van der Waals surface area (Å²) in [4.78, 5) is 13.5. The molecule has 0 bridgehead atoms. The summed E-state index contributed by atoms with van der Waals surface area (Å²) >= 11 is 0. The number of nitrogens with two attached hydrogens (primary N) is 2. The highest BCUT2D eigenvalue weighted by atomic mass is 16.6. The Kier molecular flexibility index (Phi) is 6.53. The number of nitriles is 1. The number of nitrogens with zero attached hydrogens (tertiary/aromatic N) is 4. The van der Waals surface area contributed by atoms with Crippen LogP contribution in [0.3, 0.4) is 0 Å². The molecule has 0 amide bonds. The fourth-order valence-electron chi connectivity index (χ4n) is 4.03. The van der Waals surface area contributed by atoms with E-state index in [1.54, 1.807) is 18.2 Å². The largest absolute Gasteiger partial charge is 0.508 e. The van der Waals surface area contributed by atoms with Crippen LogP contribution in [-0.4, -0.2) is 33.4 Å². The molecule has 1 heterocycles. The summed E-state index contributed by atoms with van der Waals surface area (Å²) in [6.07, 6.45) is 8.07. The molecule has 4 rings (SSSR count). The van der Waals surface area contributed by atoms with Crippen LogP contribution in [0.5, 0.6) is 5.75 Å². The van der Waals surface area contributed by atoms with Gasteiger partial charge in [0.05, 0.1) is 11.4 Å². The van der Waals surface area contributed by atoms with Crippen LogP contribution in [0.25, 0.3) is 11.3 Å². The maximum Gasteiger partial charge on any atom is 0.202 e. The molecular weight excluding hydrogens is 380 g/mol. The Morgan fingerprint density at radius 2 is 1.97 bits per heavy atom. The van der Waals surface area contributed by atoms with Gasteiger partial charge >= 0.3 is 0 Å². The van der Waals surface area contributed by atoms with Crippen molar-refractivity contribution >= 4 is 11.5 Å². The molecular formula is C22H28N6O2. The van der Waals surface area contributed by atoms with E-state index in [1.807, 2.05) is 19.9 Å². The van der Waals surface area contributed by atoms with Crippen molar-refractivity contribution in [1.82, 2.24) is 9.97 Å². The van der Waals surface area contributed by atoms with Gasteiger partial charge < -0.3 is 21.4 Å². The summed E-state index contributed by atoms with van der Waals surface area (Å²) in [6.45, 7) is 3.68. The lowest BCUT2D eigenvalue weighted by atomic mass is 9.70. The van der Waals surface area contributed by atoms with Crippen molar-refractivity contribution in [2.75, 3.05) is 12.3 Å². The second kappa shape index (κ2) is 9.09. The Hall–Kier alpha value is -3.18. The number of anilines is 1. The van der Waals surface area contributed by atoms with Gasteiger partial charge in [-0.25, -0.2) is 9.97 Å². The van der Waals surface area contributed by atoms with Crippen molar-refractivity contribution in [2.45, 2.75) is 57.4 Å².